The summed E-state index contributed by atoms with van der Waals surface area (Å²) in [6.07, 6.45) is 0. The molecule has 0 aromatic heterocycles. The van der Waals surface area contributed by atoms with E-state index in [9.17, 15) is 9.59 Å². The molecule has 29 heavy (non-hydrogen) atoms. The third-order valence-corrected chi connectivity index (χ3v) is 6.45. The Morgan fingerprint density at radius 1 is 1.03 bits per heavy atom. The molecule has 1 atom stereocenters. The van der Waals surface area contributed by atoms with Crippen molar-refractivity contribution in [1.29, 1.82) is 0 Å². The Hall–Kier alpha value is -2.57. The topological polar surface area (TPSA) is 49.4 Å². The number of carbonyl (C=O) groups is 2. The summed E-state index contributed by atoms with van der Waals surface area (Å²) in [6, 6.07) is 25.0. The minimum atomic E-state index is -0.161. The number of carbonyl (C=O) groups excluding carboxylic acids is 2. The quantitative estimate of drug-likeness (QED) is 0.541. The smallest absolute Gasteiger partial charge is 0.255 e. The van der Waals surface area contributed by atoms with E-state index in [1.165, 1.54) is 0 Å². The normalized spacial score (nSPS) is 16.1. The predicted molar refractivity (Wildman–Crippen MR) is 121 cm³/mol. The van der Waals surface area contributed by atoms with E-state index in [1.54, 1.807) is 11.8 Å². The molecular formula is C23H19BrN2O2S. The summed E-state index contributed by atoms with van der Waals surface area (Å²) in [4.78, 5) is 26.8. The van der Waals surface area contributed by atoms with E-state index >= 15 is 0 Å². The Morgan fingerprint density at radius 3 is 2.52 bits per heavy atom. The van der Waals surface area contributed by atoms with Gasteiger partial charge in [0.2, 0.25) is 5.91 Å². The molecule has 1 aliphatic rings. The molecule has 4 nitrogen and oxygen atoms in total. The van der Waals surface area contributed by atoms with Crippen LogP contribution in [0.15, 0.2) is 83.3 Å². The molecule has 146 valence electrons. The lowest BCUT2D eigenvalue weighted by Gasteiger charge is -2.24. The van der Waals surface area contributed by atoms with E-state index in [2.05, 4.69) is 21.2 Å². The molecule has 4 rings (SSSR count). The van der Waals surface area contributed by atoms with Crippen LogP contribution in [0.4, 0.5) is 5.69 Å². The molecule has 2 amide bonds. The number of amides is 2. The van der Waals surface area contributed by atoms with Gasteiger partial charge in [-0.15, -0.1) is 11.8 Å². The maximum Gasteiger partial charge on any atom is 0.255 e. The molecule has 3 aromatic rings. The van der Waals surface area contributed by atoms with E-state index < -0.39 is 0 Å². The second-order valence-corrected chi connectivity index (χ2v) is 8.74. The number of thioether (sulfide) groups is 1. The largest absolute Gasteiger partial charge is 0.322 e. The van der Waals surface area contributed by atoms with Crippen molar-refractivity contribution >= 4 is 45.2 Å². The van der Waals surface area contributed by atoms with Crippen molar-refractivity contribution in [3.05, 3.63) is 100 Å². The van der Waals surface area contributed by atoms with Gasteiger partial charge < -0.3 is 10.2 Å². The van der Waals surface area contributed by atoms with Gasteiger partial charge in [0.25, 0.3) is 5.91 Å². The fraction of sp³-hybridized carbons (Fsp3) is 0.130. The SMILES string of the molecule is O=C(Nc1cccc(Br)c1)c1ccc(C2SCC(=O)N2Cc2ccccc2)cc1. The number of benzene rings is 3. The number of nitrogens with one attached hydrogen (secondary N) is 1. The minimum Gasteiger partial charge on any atom is -0.322 e. The first-order chi connectivity index (χ1) is 14.1. The number of anilines is 1. The molecule has 1 heterocycles. The maximum absolute atomic E-state index is 12.5. The van der Waals surface area contributed by atoms with Crippen molar-refractivity contribution in [3.63, 3.8) is 0 Å². The molecule has 6 heteroatoms. The Labute approximate surface area is 182 Å². The highest BCUT2D eigenvalue weighted by Crippen LogP contribution is 2.39. The van der Waals surface area contributed by atoms with Crippen molar-refractivity contribution in [2.24, 2.45) is 0 Å². The van der Waals surface area contributed by atoms with Gasteiger partial charge in [0.15, 0.2) is 0 Å². The highest BCUT2D eigenvalue weighted by Gasteiger charge is 2.32. The summed E-state index contributed by atoms with van der Waals surface area (Å²) in [5.41, 5.74) is 3.45. The molecule has 3 aromatic carbocycles. The number of nitrogens with zero attached hydrogens (tertiary/aromatic N) is 1. The second kappa shape index (κ2) is 8.84. The molecule has 0 bridgehead atoms. The number of halogens is 1. The molecule has 0 saturated carbocycles. The van der Waals surface area contributed by atoms with E-state index in [-0.39, 0.29) is 17.2 Å². The Bertz CT molecular complexity index is 1020. The van der Waals surface area contributed by atoms with Crippen molar-refractivity contribution in [2.45, 2.75) is 11.9 Å². The summed E-state index contributed by atoms with van der Waals surface area (Å²) in [6.45, 7) is 0.586. The number of hydrogen-bond donors (Lipinski definition) is 1. The molecule has 0 aliphatic carbocycles. The Kier molecular flexibility index (Phi) is 6.02. The van der Waals surface area contributed by atoms with Gasteiger partial charge in [-0.3, -0.25) is 9.59 Å². The Balaban J connectivity index is 1.47. The predicted octanol–water partition coefficient (Wildman–Crippen LogP) is 5.48. The van der Waals surface area contributed by atoms with Gasteiger partial charge in [0, 0.05) is 22.3 Å². The fourth-order valence-electron chi connectivity index (χ4n) is 3.25. The van der Waals surface area contributed by atoms with Crippen LogP contribution in [-0.4, -0.2) is 22.5 Å². The first-order valence-electron chi connectivity index (χ1n) is 9.22. The lowest BCUT2D eigenvalue weighted by Crippen LogP contribution is -2.27. The van der Waals surface area contributed by atoms with Gasteiger partial charge in [-0.1, -0.05) is 64.5 Å². The molecule has 1 unspecified atom stereocenters. The summed E-state index contributed by atoms with van der Waals surface area (Å²) >= 11 is 5.02. The van der Waals surface area contributed by atoms with Crippen LogP contribution in [0.3, 0.4) is 0 Å². The van der Waals surface area contributed by atoms with E-state index in [1.807, 2.05) is 83.8 Å². The summed E-state index contributed by atoms with van der Waals surface area (Å²) in [7, 11) is 0. The van der Waals surface area contributed by atoms with E-state index in [0.29, 0.717) is 17.9 Å². The van der Waals surface area contributed by atoms with Crippen molar-refractivity contribution in [3.8, 4) is 0 Å². The van der Waals surface area contributed by atoms with Crippen LogP contribution in [0, 0.1) is 0 Å². The Morgan fingerprint density at radius 2 is 1.79 bits per heavy atom. The van der Waals surface area contributed by atoms with Crippen LogP contribution < -0.4 is 5.32 Å². The van der Waals surface area contributed by atoms with Crippen LogP contribution >= 0.6 is 27.7 Å². The van der Waals surface area contributed by atoms with E-state index in [0.717, 1.165) is 21.3 Å². The summed E-state index contributed by atoms with van der Waals surface area (Å²) < 4.78 is 0.909. The summed E-state index contributed by atoms with van der Waals surface area (Å²) in [5, 5.41) is 2.86. The van der Waals surface area contributed by atoms with Crippen molar-refractivity contribution in [1.82, 2.24) is 4.90 Å². The third-order valence-electron chi connectivity index (χ3n) is 4.70. The molecule has 1 N–H and O–H groups in total. The van der Waals surface area contributed by atoms with Gasteiger partial charge in [-0.25, -0.2) is 0 Å². The third kappa shape index (κ3) is 4.71. The zero-order valence-electron chi connectivity index (χ0n) is 15.5. The first-order valence-corrected chi connectivity index (χ1v) is 11.1. The monoisotopic (exact) mass is 466 g/mol. The number of hydrogen-bond acceptors (Lipinski definition) is 3. The zero-order valence-corrected chi connectivity index (χ0v) is 17.9. The highest BCUT2D eigenvalue weighted by atomic mass is 79.9. The highest BCUT2D eigenvalue weighted by molar-refractivity contribution is 9.10. The van der Waals surface area contributed by atoms with Crippen LogP contribution in [0.1, 0.15) is 26.9 Å². The van der Waals surface area contributed by atoms with Gasteiger partial charge in [-0.05, 0) is 41.5 Å². The number of rotatable bonds is 5. The lowest BCUT2D eigenvalue weighted by molar-refractivity contribution is -0.128. The second-order valence-electron chi connectivity index (χ2n) is 6.76. The fourth-order valence-corrected chi connectivity index (χ4v) is 4.84. The molecule has 0 spiro atoms. The summed E-state index contributed by atoms with van der Waals surface area (Å²) in [5.74, 6) is 0.453. The molecule has 0 radical (unpaired) electrons. The van der Waals surface area contributed by atoms with Crippen LogP contribution in [-0.2, 0) is 11.3 Å². The van der Waals surface area contributed by atoms with Crippen molar-refractivity contribution < 1.29 is 9.59 Å². The zero-order chi connectivity index (χ0) is 20.2. The standard InChI is InChI=1S/C23H19BrN2O2S/c24-19-7-4-8-20(13-19)25-22(28)17-9-11-18(12-10-17)23-26(21(27)15-29-23)14-16-5-2-1-3-6-16/h1-13,23H,14-15H2,(H,25,28). The van der Waals surface area contributed by atoms with Gasteiger partial charge in [0.1, 0.15) is 5.37 Å². The van der Waals surface area contributed by atoms with Gasteiger partial charge in [-0.2, -0.15) is 0 Å². The van der Waals surface area contributed by atoms with Crippen LogP contribution in [0.5, 0.6) is 0 Å². The minimum absolute atomic E-state index is 0.0371. The van der Waals surface area contributed by atoms with E-state index in [4.69, 9.17) is 0 Å². The van der Waals surface area contributed by atoms with Crippen LogP contribution in [0.25, 0.3) is 0 Å². The molecular weight excluding hydrogens is 448 g/mol. The van der Waals surface area contributed by atoms with Gasteiger partial charge >= 0.3 is 0 Å². The molecule has 1 aliphatic heterocycles. The average molecular weight is 467 g/mol. The van der Waals surface area contributed by atoms with Gasteiger partial charge in [0.05, 0.1) is 5.75 Å². The van der Waals surface area contributed by atoms with Crippen LogP contribution in [0.2, 0.25) is 0 Å². The average Bonchev–Trinajstić information content (AvgIpc) is 3.09. The molecule has 1 saturated heterocycles. The van der Waals surface area contributed by atoms with Crippen molar-refractivity contribution in [2.75, 3.05) is 11.1 Å². The maximum atomic E-state index is 12.5. The first kappa shape index (κ1) is 19.7. The molecule has 1 fully saturated rings. The lowest BCUT2D eigenvalue weighted by atomic mass is 10.1.